The molecule has 57 heavy (non-hydrogen) atoms. The van der Waals surface area contributed by atoms with Gasteiger partial charge in [0.2, 0.25) is 0 Å². The van der Waals surface area contributed by atoms with E-state index in [0.29, 0.717) is 0 Å². The molecule has 0 N–H and O–H groups in total. The molecule has 11 rings (SSSR count). The van der Waals surface area contributed by atoms with Crippen LogP contribution in [0.5, 0.6) is 0 Å². The zero-order valence-electron chi connectivity index (χ0n) is 31.1. The Hall–Kier alpha value is -7.62. The highest BCUT2D eigenvalue weighted by Crippen LogP contribution is 2.44. The molecule has 0 amide bonds. The molecule has 0 aliphatic carbocycles. The normalized spacial score (nSPS) is 11.5. The van der Waals surface area contributed by atoms with E-state index < -0.39 is 0 Å². The molecule has 0 bridgehead atoms. The van der Waals surface area contributed by atoms with E-state index >= 15 is 0 Å². The molecule has 0 unspecified atom stereocenters. The van der Waals surface area contributed by atoms with Crippen molar-refractivity contribution in [1.82, 2.24) is 4.57 Å². The average molecular weight is 729 g/mol. The molecule has 0 radical (unpaired) electrons. The minimum Gasteiger partial charge on any atom is -0.456 e. The highest BCUT2D eigenvalue weighted by atomic mass is 16.3. The summed E-state index contributed by atoms with van der Waals surface area (Å²) in [4.78, 5) is 2.37. The number of aromatic nitrogens is 1. The first-order chi connectivity index (χ1) is 28.3. The monoisotopic (exact) mass is 728 g/mol. The third-order valence-electron chi connectivity index (χ3n) is 11.2. The third-order valence-corrected chi connectivity index (χ3v) is 11.2. The SMILES string of the molecule is c1ccc(-c2ccc(N(c3ccc4oc5ccccc5c4c3)c3ccc4c5c(-c6cccc(-c7ccccc7)c6)cccc5n(-c5ccccc5)c4c3)cc2)cc1. The van der Waals surface area contributed by atoms with Crippen molar-refractivity contribution >= 4 is 60.8 Å². The summed E-state index contributed by atoms with van der Waals surface area (Å²) in [6.07, 6.45) is 0. The second kappa shape index (κ2) is 13.6. The van der Waals surface area contributed by atoms with E-state index in [2.05, 4.69) is 216 Å². The molecule has 2 aromatic heterocycles. The molecule has 0 saturated carbocycles. The molecule has 0 fully saturated rings. The summed E-state index contributed by atoms with van der Waals surface area (Å²) in [5.41, 5.74) is 15.6. The van der Waals surface area contributed by atoms with E-state index in [1.807, 2.05) is 12.1 Å². The van der Waals surface area contributed by atoms with Gasteiger partial charge in [0, 0.05) is 44.3 Å². The van der Waals surface area contributed by atoms with Gasteiger partial charge in [0.05, 0.1) is 11.0 Å². The van der Waals surface area contributed by atoms with Crippen molar-refractivity contribution < 1.29 is 4.42 Å². The predicted octanol–water partition coefficient (Wildman–Crippen LogP) is 15.2. The van der Waals surface area contributed by atoms with Crippen LogP contribution in [0.4, 0.5) is 17.1 Å². The van der Waals surface area contributed by atoms with Crippen LogP contribution in [0.3, 0.4) is 0 Å². The lowest BCUT2D eigenvalue weighted by molar-refractivity contribution is 0.669. The van der Waals surface area contributed by atoms with Gasteiger partial charge in [-0.2, -0.15) is 0 Å². The lowest BCUT2D eigenvalue weighted by Gasteiger charge is -2.26. The van der Waals surface area contributed by atoms with Crippen LogP contribution in [0.2, 0.25) is 0 Å². The van der Waals surface area contributed by atoms with Crippen molar-refractivity contribution in [3.05, 3.63) is 218 Å². The second-order valence-electron chi connectivity index (χ2n) is 14.5. The molecule has 0 saturated heterocycles. The Labute approximate surface area is 330 Å². The zero-order chi connectivity index (χ0) is 37.7. The summed E-state index contributed by atoms with van der Waals surface area (Å²) in [5, 5.41) is 4.64. The third kappa shape index (κ3) is 5.68. The van der Waals surface area contributed by atoms with E-state index in [0.717, 1.165) is 50.2 Å². The number of para-hydroxylation sites is 2. The fourth-order valence-electron chi connectivity index (χ4n) is 8.52. The standard InChI is InChI=1S/C54H36N2O/c1-4-14-37(15-5-1)39-26-28-43(29-27-39)55(44-31-33-53-49(35-44)47-22-10-11-25-52(47)57-53)45-30-32-48-51(36-45)56(42-20-8-3-9-21-42)50-24-13-23-46(54(48)50)41-19-12-18-40(34-41)38-16-6-2-7-17-38/h1-36H. The summed E-state index contributed by atoms with van der Waals surface area (Å²) < 4.78 is 8.70. The molecule has 9 aromatic carbocycles. The number of furan rings is 1. The second-order valence-corrected chi connectivity index (χ2v) is 14.5. The highest BCUT2D eigenvalue weighted by molar-refractivity contribution is 6.17. The Morgan fingerprint density at radius 2 is 0.912 bits per heavy atom. The molecule has 0 aliphatic rings. The first-order valence-electron chi connectivity index (χ1n) is 19.4. The number of fused-ring (bicyclic) bond motifs is 6. The Bertz CT molecular complexity index is 3220. The van der Waals surface area contributed by atoms with E-state index in [-0.39, 0.29) is 0 Å². The number of anilines is 3. The predicted molar refractivity (Wildman–Crippen MR) is 239 cm³/mol. The van der Waals surface area contributed by atoms with Gasteiger partial charge in [-0.3, -0.25) is 0 Å². The Kier molecular flexibility index (Phi) is 7.82. The van der Waals surface area contributed by atoms with Crippen LogP contribution in [0, 0.1) is 0 Å². The van der Waals surface area contributed by atoms with Gasteiger partial charge >= 0.3 is 0 Å². The van der Waals surface area contributed by atoms with Gasteiger partial charge in [-0.1, -0.05) is 146 Å². The number of benzene rings is 9. The summed E-state index contributed by atoms with van der Waals surface area (Å²) in [6.45, 7) is 0. The maximum Gasteiger partial charge on any atom is 0.135 e. The van der Waals surface area contributed by atoms with Crippen molar-refractivity contribution in [2.24, 2.45) is 0 Å². The summed E-state index contributed by atoms with van der Waals surface area (Å²) in [6, 6.07) is 78.2. The largest absolute Gasteiger partial charge is 0.456 e. The number of hydrogen-bond acceptors (Lipinski definition) is 2. The molecule has 0 aliphatic heterocycles. The fourth-order valence-corrected chi connectivity index (χ4v) is 8.52. The Balaban J connectivity index is 1.14. The van der Waals surface area contributed by atoms with E-state index in [1.54, 1.807) is 0 Å². The quantitative estimate of drug-likeness (QED) is 0.163. The zero-order valence-corrected chi connectivity index (χ0v) is 31.1. The lowest BCUT2D eigenvalue weighted by Crippen LogP contribution is -2.10. The van der Waals surface area contributed by atoms with E-state index in [9.17, 15) is 0 Å². The van der Waals surface area contributed by atoms with Crippen LogP contribution in [0.15, 0.2) is 223 Å². The van der Waals surface area contributed by atoms with Crippen molar-refractivity contribution in [2.45, 2.75) is 0 Å². The summed E-state index contributed by atoms with van der Waals surface area (Å²) in [7, 11) is 0. The van der Waals surface area contributed by atoms with Crippen LogP contribution < -0.4 is 4.90 Å². The van der Waals surface area contributed by atoms with Gasteiger partial charge in [-0.05, 0) is 106 Å². The van der Waals surface area contributed by atoms with Crippen LogP contribution >= 0.6 is 0 Å². The first-order valence-corrected chi connectivity index (χ1v) is 19.4. The number of hydrogen-bond donors (Lipinski definition) is 0. The van der Waals surface area contributed by atoms with E-state index in [4.69, 9.17) is 4.42 Å². The molecular formula is C54H36N2O. The fraction of sp³-hybridized carbons (Fsp3) is 0. The van der Waals surface area contributed by atoms with Crippen molar-refractivity contribution in [1.29, 1.82) is 0 Å². The maximum absolute atomic E-state index is 6.28. The molecular weight excluding hydrogens is 693 g/mol. The van der Waals surface area contributed by atoms with Crippen LogP contribution in [-0.4, -0.2) is 4.57 Å². The smallest absolute Gasteiger partial charge is 0.135 e. The van der Waals surface area contributed by atoms with Gasteiger partial charge < -0.3 is 13.9 Å². The molecule has 3 heteroatoms. The lowest BCUT2D eigenvalue weighted by atomic mass is 9.96. The van der Waals surface area contributed by atoms with Crippen LogP contribution in [0.1, 0.15) is 0 Å². The van der Waals surface area contributed by atoms with Crippen molar-refractivity contribution in [2.75, 3.05) is 4.90 Å². The van der Waals surface area contributed by atoms with Gasteiger partial charge in [0.15, 0.2) is 0 Å². The van der Waals surface area contributed by atoms with Gasteiger partial charge in [-0.15, -0.1) is 0 Å². The van der Waals surface area contributed by atoms with Gasteiger partial charge in [0.25, 0.3) is 0 Å². The minimum absolute atomic E-state index is 0.878. The molecule has 0 atom stereocenters. The van der Waals surface area contributed by atoms with Gasteiger partial charge in [-0.25, -0.2) is 0 Å². The first kappa shape index (κ1) is 32.8. The maximum atomic E-state index is 6.28. The molecule has 268 valence electrons. The topological polar surface area (TPSA) is 21.3 Å². The minimum atomic E-state index is 0.878. The van der Waals surface area contributed by atoms with Crippen LogP contribution in [0.25, 0.3) is 82.8 Å². The van der Waals surface area contributed by atoms with Crippen molar-refractivity contribution in [3.63, 3.8) is 0 Å². The molecule has 0 spiro atoms. The summed E-state index contributed by atoms with van der Waals surface area (Å²) in [5.74, 6) is 0. The number of rotatable bonds is 7. The van der Waals surface area contributed by atoms with Crippen molar-refractivity contribution in [3.8, 4) is 39.1 Å². The highest BCUT2D eigenvalue weighted by Gasteiger charge is 2.21. The van der Waals surface area contributed by atoms with Crippen LogP contribution in [-0.2, 0) is 0 Å². The Morgan fingerprint density at radius 3 is 1.70 bits per heavy atom. The van der Waals surface area contributed by atoms with Gasteiger partial charge in [0.1, 0.15) is 11.2 Å². The molecule has 11 aromatic rings. The summed E-state index contributed by atoms with van der Waals surface area (Å²) >= 11 is 0. The number of nitrogens with zero attached hydrogens (tertiary/aromatic N) is 2. The van der Waals surface area contributed by atoms with E-state index in [1.165, 1.54) is 49.7 Å². The Morgan fingerprint density at radius 1 is 0.333 bits per heavy atom. The molecule has 3 nitrogen and oxygen atoms in total. The molecule has 2 heterocycles. The average Bonchev–Trinajstić information content (AvgIpc) is 3.83.